The summed E-state index contributed by atoms with van der Waals surface area (Å²) < 4.78 is 0. The summed E-state index contributed by atoms with van der Waals surface area (Å²) in [5.41, 5.74) is 4.17. The summed E-state index contributed by atoms with van der Waals surface area (Å²) >= 11 is 0. The lowest BCUT2D eigenvalue weighted by Gasteiger charge is -2.31. The lowest BCUT2D eigenvalue weighted by molar-refractivity contribution is -0.119. The number of hydrogen-bond acceptors (Lipinski definition) is 2. The molecule has 0 bridgehead atoms. The van der Waals surface area contributed by atoms with Crippen LogP contribution in [0.25, 0.3) is 0 Å². The number of fused-ring (bicyclic) bond motifs is 1. The molecule has 2 aliphatic heterocycles. The zero-order chi connectivity index (χ0) is 15.0. The van der Waals surface area contributed by atoms with Crippen LogP contribution in [-0.2, 0) is 17.6 Å². The Hall–Kier alpha value is -1.51. The number of carbonyl (C=O) groups is 1. The van der Waals surface area contributed by atoms with E-state index < -0.39 is 0 Å². The molecule has 1 saturated heterocycles. The van der Waals surface area contributed by atoms with Crippen molar-refractivity contribution in [1.29, 1.82) is 0 Å². The average Bonchev–Trinajstić information content (AvgIpc) is 2.93. The van der Waals surface area contributed by atoms with E-state index in [0.717, 1.165) is 32.2 Å². The molecular formula is C18H26N2O. The fraction of sp³-hybridized carbons (Fsp3) is 0.611. The molecule has 1 aromatic rings. The number of amides is 1. The van der Waals surface area contributed by atoms with Crippen molar-refractivity contribution in [3.63, 3.8) is 0 Å². The molecule has 3 nitrogen and oxygen atoms in total. The maximum atomic E-state index is 11.7. The molecule has 2 aliphatic rings. The Labute approximate surface area is 127 Å². The van der Waals surface area contributed by atoms with Crippen molar-refractivity contribution in [2.75, 3.05) is 18.5 Å². The lowest BCUT2D eigenvalue weighted by atomic mass is 9.82. The van der Waals surface area contributed by atoms with Crippen molar-refractivity contribution < 1.29 is 4.79 Å². The Morgan fingerprint density at radius 3 is 2.81 bits per heavy atom. The average molecular weight is 286 g/mol. The first-order valence-corrected chi connectivity index (χ1v) is 8.11. The van der Waals surface area contributed by atoms with E-state index in [1.54, 1.807) is 0 Å². The summed E-state index contributed by atoms with van der Waals surface area (Å²) in [7, 11) is 2.16. The molecule has 1 aromatic carbocycles. The molecule has 3 rings (SSSR count). The minimum absolute atomic E-state index is 0.0238. The minimum Gasteiger partial charge on any atom is -0.374 e. The summed E-state index contributed by atoms with van der Waals surface area (Å²) in [5, 5.41) is 3.27. The zero-order valence-electron chi connectivity index (χ0n) is 13.4. The summed E-state index contributed by atoms with van der Waals surface area (Å²) in [6, 6.07) is 6.84. The molecule has 1 atom stereocenters. The highest BCUT2D eigenvalue weighted by Crippen LogP contribution is 2.33. The van der Waals surface area contributed by atoms with Crippen molar-refractivity contribution in [1.82, 2.24) is 5.32 Å². The van der Waals surface area contributed by atoms with Crippen LogP contribution in [0.5, 0.6) is 0 Å². The van der Waals surface area contributed by atoms with Crippen LogP contribution in [0.4, 0.5) is 5.69 Å². The third-order valence-corrected chi connectivity index (χ3v) is 4.85. The summed E-state index contributed by atoms with van der Waals surface area (Å²) in [6.07, 6.45) is 4.83. The third kappa shape index (κ3) is 2.92. The molecule has 1 unspecified atom stereocenters. The van der Waals surface area contributed by atoms with Crippen molar-refractivity contribution in [3.05, 3.63) is 29.3 Å². The monoisotopic (exact) mass is 286 g/mol. The largest absolute Gasteiger partial charge is 0.374 e. The standard InChI is InChI=1S/C18H26N2O/c1-13(2)11-18(8-6-17(21)19-18)12-14-4-5-16-15(10-14)7-9-20(16)3/h4-5,10,13H,6-9,11-12H2,1-3H3,(H,19,21). The van der Waals surface area contributed by atoms with Crippen LogP contribution in [0.15, 0.2) is 18.2 Å². The highest BCUT2D eigenvalue weighted by Gasteiger charge is 2.38. The summed E-state index contributed by atoms with van der Waals surface area (Å²) in [4.78, 5) is 14.1. The quantitative estimate of drug-likeness (QED) is 0.923. The molecule has 3 heteroatoms. The Morgan fingerprint density at radius 1 is 1.33 bits per heavy atom. The van der Waals surface area contributed by atoms with Crippen LogP contribution >= 0.6 is 0 Å². The molecule has 0 aliphatic carbocycles. The van der Waals surface area contributed by atoms with Gasteiger partial charge in [-0.1, -0.05) is 26.0 Å². The molecule has 0 aromatic heterocycles. The van der Waals surface area contributed by atoms with Gasteiger partial charge in [-0.25, -0.2) is 0 Å². The van der Waals surface area contributed by atoms with Crippen molar-refractivity contribution >= 4 is 11.6 Å². The van der Waals surface area contributed by atoms with E-state index in [0.29, 0.717) is 12.3 Å². The van der Waals surface area contributed by atoms with Crippen LogP contribution in [0.1, 0.15) is 44.2 Å². The molecule has 0 saturated carbocycles. The number of nitrogens with one attached hydrogen (secondary N) is 1. The first-order valence-electron chi connectivity index (χ1n) is 8.11. The van der Waals surface area contributed by atoms with Crippen LogP contribution < -0.4 is 10.2 Å². The Balaban J connectivity index is 1.82. The van der Waals surface area contributed by atoms with Crippen LogP contribution in [0, 0.1) is 5.92 Å². The molecule has 1 N–H and O–H groups in total. The van der Waals surface area contributed by atoms with Gasteiger partial charge in [0, 0.05) is 31.2 Å². The molecule has 114 valence electrons. The van der Waals surface area contributed by atoms with E-state index in [2.05, 4.69) is 49.3 Å². The Kier molecular flexibility index (Phi) is 3.68. The van der Waals surface area contributed by atoms with E-state index in [1.165, 1.54) is 16.8 Å². The van der Waals surface area contributed by atoms with Gasteiger partial charge in [-0.05, 0) is 48.8 Å². The minimum atomic E-state index is -0.0238. The highest BCUT2D eigenvalue weighted by atomic mass is 16.2. The number of benzene rings is 1. The molecule has 0 spiro atoms. The highest BCUT2D eigenvalue weighted by molar-refractivity contribution is 5.79. The Bertz CT molecular complexity index is 552. The summed E-state index contributed by atoms with van der Waals surface area (Å²) in [6.45, 7) is 5.60. The third-order valence-electron chi connectivity index (χ3n) is 4.85. The van der Waals surface area contributed by atoms with Gasteiger partial charge in [-0.15, -0.1) is 0 Å². The Morgan fingerprint density at radius 2 is 2.14 bits per heavy atom. The van der Waals surface area contributed by atoms with Gasteiger partial charge in [0.05, 0.1) is 0 Å². The van der Waals surface area contributed by atoms with Gasteiger partial charge in [-0.3, -0.25) is 4.79 Å². The molecule has 1 fully saturated rings. The van der Waals surface area contributed by atoms with Crippen molar-refractivity contribution in [2.45, 2.75) is 51.5 Å². The van der Waals surface area contributed by atoms with E-state index in [-0.39, 0.29) is 11.4 Å². The molecule has 21 heavy (non-hydrogen) atoms. The topological polar surface area (TPSA) is 32.3 Å². The van der Waals surface area contributed by atoms with Gasteiger partial charge in [0.25, 0.3) is 0 Å². The number of likely N-dealkylation sites (N-methyl/N-ethyl adjacent to an activating group) is 1. The number of nitrogens with zero attached hydrogens (tertiary/aromatic N) is 1. The molecule has 1 amide bonds. The van der Waals surface area contributed by atoms with E-state index in [4.69, 9.17) is 0 Å². The second-order valence-electron chi connectivity index (χ2n) is 7.24. The number of rotatable bonds is 4. The van der Waals surface area contributed by atoms with E-state index in [1.807, 2.05) is 0 Å². The lowest BCUT2D eigenvalue weighted by Crippen LogP contribution is -2.44. The SMILES string of the molecule is CC(C)CC1(Cc2ccc3c(c2)CCN3C)CCC(=O)N1. The van der Waals surface area contributed by atoms with Gasteiger partial charge in [0.2, 0.25) is 5.91 Å². The van der Waals surface area contributed by atoms with Crippen molar-refractivity contribution in [2.24, 2.45) is 5.92 Å². The van der Waals surface area contributed by atoms with Gasteiger partial charge < -0.3 is 10.2 Å². The second-order valence-corrected chi connectivity index (χ2v) is 7.24. The number of hydrogen-bond donors (Lipinski definition) is 1. The first-order chi connectivity index (χ1) is 9.97. The molecular weight excluding hydrogens is 260 g/mol. The van der Waals surface area contributed by atoms with Gasteiger partial charge in [0.1, 0.15) is 0 Å². The smallest absolute Gasteiger partial charge is 0.220 e. The van der Waals surface area contributed by atoms with Crippen LogP contribution in [0.2, 0.25) is 0 Å². The summed E-state index contributed by atoms with van der Waals surface area (Å²) in [5.74, 6) is 0.820. The molecule has 0 radical (unpaired) electrons. The zero-order valence-corrected chi connectivity index (χ0v) is 13.4. The predicted octanol–water partition coefficient (Wildman–Crippen LogP) is 2.92. The van der Waals surface area contributed by atoms with Crippen LogP contribution in [-0.4, -0.2) is 25.0 Å². The van der Waals surface area contributed by atoms with Gasteiger partial charge in [0.15, 0.2) is 0 Å². The van der Waals surface area contributed by atoms with Crippen LogP contribution in [0.3, 0.4) is 0 Å². The van der Waals surface area contributed by atoms with Crippen molar-refractivity contribution in [3.8, 4) is 0 Å². The fourth-order valence-corrected chi connectivity index (χ4v) is 4.03. The number of carbonyl (C=O) groups excluding carboxylic acids is 1. The van der Waals surface area contributed by atoms with E-state index in [9.17, 15) is 4.79 Å². The van der Waals surface area contributed by atoms with E-state index >= 15 is 0 Å². The maximum Gasteiger partial charge on any atom is 0.220 e. The fourth-order valence-electron chi connectivity index (χ4n) is 4.03. The maximum absolute atomic E-state index is 11.7. The van der Waals surface area contributed by atoms with Gasteiger partial charge >= 0.3 is 0 Å². The van der Waals surface area contributed by atoms with Gasteiger partial charge in [-0.2, -0.15) is 0 Å². The predicted molar refractivity (Wildman–Crippen MR) is 86.7 cm³/mol. The molecule has 2 heterocycles. The normalized spacial score (nSPS) is 24.6. The second kappa shape index (κ2) is 5.36. The number of anilines is 1. The first kappa shape index (κ1) is 14.4.